The molecule has 0 radical (unpaired) electrons. The van der Waals surface area contributed by atoms with Crippen LogP contribution in [-0.2, 0) is 10.5 Å². The van der Waals surface area contributed by atoms with Crippen LogP contribution in [0, 0.1) is 6.92 Å². The molecule has 3 heterocycles. The summed E-state index contributed by atoms with van der Waals surface area (Å²) in [5.74, 6) is 1.28. The standard InChI is InChI=1S/C25H23N5OS2/c1-16-8-6-11-19(14-16)27-23(31)21-17(2)26-24-28-25(33-15-18-9-4-3-5-10-18)29-30(24)22(21)20-12-7-13-32-20/h3-14,22H,15H2,1-2H3,(H,27,31)(H,26,28,29). The first-order valence-corrected chi connectivity index (χ1v) is 12.5. The van der Waals surface area contributed by atoms with Gasteiger partial charge in [-0.05, 0) is 48.6 Å². The third-order valence-electron chi connectivity index (χ3n) is 5.38. The maximum Gasteiger partial charge on any atom is 0.255 e. The van der Waals surface area contributed by atoms with E-state index in [1.807, 2.05) is 78.5 Å². The van der Waals surface area contributed by atoms with Crippen LogP contribution >= 0.6 is 23.1 Å². The largest absolute Gasteiger partial charge is 0.328 e. The first kappa shape index (κ1) is 21.5. The molecule has 0 fully saturated rings. The highest BCUT2D eigenvalue weighted by molar-refractivity contribution is 7.98. The summed E-state index contributed by atoms with van der Waals surface area (Å²) in [4.78, 5) is 19.2. The molecule has 1 aliphatic heterocycles. The molecular formula is C25H23N5OS2. The van der Waals surface area contributed by atoms with Crippen molar-refractivity contribution >= 4 is 40.6 Å². The molecule has 2 aromatic heterocycles. The van der Waals surface area contributed by atoms with Gasteiger partial charge in [-0.2, -0.15) is 4.98 Å². The van der Waals surface area contributed by atoms with Gasteiger partial charge in [0, 0.05) is 22.0 Å². The maximum absolute atomic E-state index is 13.5. The number of nitrogens with one attached hydrogen (secondary N) is 2. The number of aromatic nitrogens is 3. The molecule has 33 heavy (non-hydrogen) atoms. The zero-order chi connectivity index (χ0) is 22.8. The Bertz CT molecular complexity index is 1310. The molecule has 0 bridgehead atoms. The molecule has 0 saturated heterocycles. The lowest BCUT2D eigenvalue weighted by Gasteiger charge is -2.27. The minimum Gasteiger partial charge on any atom is -0.328 e. The molecule has 0 spiro atoms. The van der Waals surface area contributed by atoms with E-state index in [9.17, 15) is 4.79 Å². The summed E-state index contributed by atoms with van der Waals surface area (Å²) in [6, 6.07) is 21.8. The fraction of sp³-hybridized carbons (Fsp3) is 0.160. The van der Waals surface area contributed by atoms with E-state index in [0.29, 0.717) is 16.7 Å². The number of rotatable bonds is 6. The Hall–Kier alpha value is -3.36. The number of benzene rings is 2. The number of carbonyl (C=O) groups is 1. The Morgan fingerprint density at radius 2 is 1.97 bits per heavy atom. The monoisotopic (exact) mass is 473 g/mol. The molecule has 2 aromatic carbocycles. The number of thioether (sulfide) groups is 1. The van der Waals surface area contributed by atoms with E-state index in [1.54, 1.807) is 23.1 Å². The lowest BCUT2D eigenvalue weighted by molar-refractivity contribution is -0.113. The van der Waals surface area contributed by atoms with Crippen molar-refractivity contribution in [2.45, 2.75) is 30.8 Å². The van der Waals surface area contributed by atoms with Crippen LogP contribution in [0.1, 0.15) is 29.0 Å². The maximum atomic E-state index is 13.5. The molecule has 1 aliphatic rings. The van der Waals surface area contributed by atoms with E-state index >= 15 is 0 Å². The van der Waals surface area contributed by atoms with Crippen molar-refractivity contribution in [3.05, 3.63) is 99.4 Å². The highest BCUT2D eigenvalue weighted by Gasteiger charge is 2.35. The number of thiophene rings is 1. The van der Waals surface area contributed by atoms with Gasteiger partial charge in [-0.1, -0.05) is 60.3 Å². The fourth-order valence-corrected chi connectivity index (χ4v) is 5.44. The minimum absolute atomic E-state index is 0.149. The second-order valence-electron chi connectivity index (χ2n) is 7.84. The Kier molecular flexibility index (Phi) is 6.02. The van der Waals surface area contributed by atoms with E-state index in [2.05, 4.69) is 22.8 Å². The zero-order valence-corrected chi connectivity index (χ0v) is 19.9. The van der Waals surface area contributed by atoms with E-state index in [0.717, 1.165) is 27.6 Å². The number of nitrogens with zero attached hydrogens (tertiary/aromatic N) is 3. The molecule has 8 heteroatoms. The van der Waals surface area contributed by atoms with Gasteiger partial charge in [0.2, 0.25) is 11.1 Å². The molecule has 0 aliphatic carbocycles. The van der Waals surface area contributed by atoms with Crippen LogP contribution < -0.4 is 10.6 Å². The topological polar surface area (TPSA) is 71.8 Å². The third kappa shape index (κ3) is 4.58. The molecule has 1 amide bonds. The molecule has 6 nitrogen and oxygen atoms in total. The van der Waals surface area contributed by atoms with Crippen molar-refractivity contribution in [1.29, 1.82) is 0 Å². The number of allylic oxidation sites excluding steroid dienone is 1. The van der Waals surface area contributed by atoms with Crippen molar-refractivity contribution in [3.63, 3.8) is 0 Å². The van der Waals surface area contributed by atoms with Gasteiger partial charge in [0.25, 0.3) is 5.91 Å². The van der Waals surface area contributed by atoms with Crippen LogP contribution in [0.5, 0.6) is 0 Å². The SMILES string of the molecule is CC1=C(C(=O)Nc2cccc(C)c2)C(c2cccs2)n2nc(SCc3ccccc3)nc2N1. The summed E-state index contributed by atoms with van der Waals surface area (Å²) in [5, 5.41) is 13.8. The van der Waals surface area contributed by atoms with E-state index < -0.39 is 0 Å². The van der Waals surface area contributed by atoms with Crippen LogP contribution in [0.2, 0.25) is 0 Å². The predicted octanol–water partition coefficient (Wildman–Crippen LogP) is 5.87. The lowest BCUT2D eigenvalue weighted by atomic mass is 10.0. The average molecular weight is 474 g/mol. The van der Waals surface area contributed by atoms with E-state index in [-0.39, 0.29) is 11.9 Å². The van der Waals surface area contributed by atoms with E-state index in [1.165, 1.54) is 5.56 Å². The van der Waals surface area contributed by atoms with Gasteiger partial charge >= 0.3 is 0 Å². The second-order valence-corrected chi connectivity index (χ2v) is 9.76. The predicted molar refractivity (Wildman–Crippen MR) is 135 cm³/mol. The quantitative estimate of drug-likeness (QED) is 0.343. The number of amides is 1. The molecule has 4 aromatic rings. The lowest BCUT2D eigenvalue weighted by Crippen LogP contribution is -2.31. The van der Waals surface area contributed by atoms with Gasteiger partial charge in [0.15, 0.2) is 0 Å². The summed E-state index contributed by atoms with van der Waals surface area (Å²) in [7, 11) is 0. The van der Waals surface area contributed by atoms with Gasteiger partial charge in [-0.25, -0.2) is 4.68 Å². The van der Waals surface area contributed by atoms with Gasteiger partial charge in [-0.15, -0.1) is 16.4 Å². The molecule has 166 valence electrons. The summed E-state index contributed by atoms with van der Waals surface area (Å²) in [6.07, 6.45) is 0. The van der Waals surface area contributed by atoms with Gasteiger partial charge in [0.05, 0.1) is 5.57 Å². The van der Waals surface area contributed by atoms with Crippen LogP contribution in [0.4, 0.5) is 11.6 Å². The van der Waals surface area contributed by atoms with Crippen molar-refractivity contribution < 1.29 is 4.79 Å². The van der Waals surface area contributed by atoms with Crippen molar-refractivity contribution in [1.82, 2.24) is 14.8 Å². The summed E-state index contributed by atoms with van der Waals surface area (Å²) in [6.45, 7) is 3.92. The van der Waals surface area contributed by atoms with Gasteiger partial charge in [-0.3, -0.25) is 4.79 Å². The number of hydrogen-bond donors (Lipinski definition) is 2. The molecular weight excluding hydrogens is 450 g/mol. The Labute approximate surface area is 200 Å². The van der Waals surface area contributed by atoms with Crippen LogP contribution in [0.3, 0.4) is 0 Å². The molecule has 0 saturated carbocycles. The second kappa shape index (κ2) is 9.25. The third-order valence-corrected chi connectivity index (χ3v) is 7.21. The number of fused-ring (bicyclic) bond motifs is 1. The van der Waals surface area contributed by atoms with Crippen molar-refractivity contribution in [2.75, 3.05) is 10.6 Å². The average Bonchev–Trinajstić information content (AvgIpc) is 3.47. The first-order valence-electron chi connectivity index (χ1n) is 10.6. The zero-order valence-electron chi connectivity index (χ0n) is 18.3. The van der Waals surface area contributed by atoms with Crippen LogP contribution in [-0.4, -0.2) is 20.7 Å². The van der Waals surface area contributed by atoms with Crippen molar-refractivity contribution in [2.24, 2.45) is 0 Å². The molecule has 5 rings (SSSR count). The minimum atomic E-state index is -0.343. The first-order chi connectivity index (χ1) is 16.1. The van der Waals surface area contributed by atoms with Crippen LogP contribution in [0.15, 0.2) is 88.5 Å². The smallest absolute Gasteiger partial charge is 0.255 e. The fourth-order valence-electron chi connectivity index (χ4n) is 3.84. The van der Waals surface area contributed by atoms with Gasteiger partial charge < -0.3 is 10.6 Å². The molecule has 2 N–H and O–H groups in total. The normalized spacial score (nSPS) is 15.2. The molecule has 1 atom stereocenters. The van der Waals surface area contributed by atoms with E-state index in [4.69, 9.17) is 10.1 Å². The van der Waals surface area contributed by atoms with Gasteiger partial charge in [0.1, 0.15) is 6.04 Å². The highest BCUT2D eigenvalue weighted by atomic mass is 32.2. The highest BCUT2D eigenvalue weighted by Crippen LogP contribution is 2.38. The summed E-state index contributed by atoms with van der Waals surface area (Å²) >= 11 is 3.19. The van der Waals surface area contributed by atoms with Crippen molar-refractivity contribution in [3.8, 4) is 0 Å². The Balaban J connectivity index is 1.46. The number of hydrogen-bond acceptors (Lipinski definition) is 6. The number of anilines is 2. The Morgan fingerprint density at radius 3 is 2.73 bits per heavy atom. The number of carbonyl (C=O) groups excluding carboxylic acids is 1. The number of aryl methyl sites for hydroxylation is 1. The summed E-state index contributed by atoms with van der Waals surface area (Å²) < 4.78 is 1.83. The Morgan fingerprint density at radius 1 is 1.12 bits per heavy atom. The van der Waals surface area contributed by atoms with Crippen LogP contribution in [0.25, 0.3) is 0 Å². The summed E-state index contributed by atoms with van der Waals surface area (Å²) in [5.41, 5.74) is 4.49. The molecule has 1 unspecified atom stereocenters.